The van der Waals surface area contributed by atoms with Crippen molar-refractivity contribution < 1.29 is 18.9 Å². The first-order valence-electron chi connectivity index (χ1n) is 4.89. The third kappa shape index (κ3) is 2.08. The quantitative estimate of drug-likeness (QED) is 0.682. The van der Waals surface area contributed by atoms with Gasteiger partial charge in [0, 0.05) is 21.3 Å². The molecule has 4 atom stereocenters. The third-order valence-electron chi connectivity index (χ3n) is 2.82. The van der Waals surface area contributed by atoms with Crippen LogP contribution in [0.1, 0.15) is 13.8 Å². The van der Waals surface area contributed by atoms with Gasteiger partial charge in [0.15, 0.2) is 0 Å². The average Bonchev–Trinajstić information content (AvgIpc) is 2.16. The van der Waals surface area contributed by atoms with Gasteiger partial charge in [-0.25, -0.2) is 0 Å². The average molecular weight is 204 g/mol. The van der Waals surface area contributed by atoms with Gasteiger partial charge in [-0.15, -0.1) is 0 Å². The Morgan fingerprint density at radius 1 is 0.714 bits per heavy atom. The van der Waals surface area contributed by atoms with Gasteiger partial charge in [-0.1, -0.05) is 0 Å². The monoisotopic (exact) mass is 204 g/mol. The van der Waals surface area contributed by atoms with Crippen LogP contribution in [0.2, 0.25) is 0 Å². The molecule has 1 fully saturated rings. The third-order valence-corrected chi connectivity index (χ3v) is 2.82. The molecule has 14 heavy (non-hydrogen) atoms. The normalized spacial score (nSPS) is 43.9. The van der Waals surface area contributed by atoms with E-state index < -0.39 is 0 Å². The van der Waals surface area contributed by atoms with Crippen LogP contribution in [-0.4, -0.2) is 51.8 Å². The maximum atomic E-state index is 5.70. The highest BCUT2D eigenvalue weighted by Gasteiger charge is 2.43. The van der Waals surface area contributed by atoms with Crippen LogP contribution in [-0.2, 0) is 18.9 Å². The molecule has 0 N–H and O–H groups in total. The Hall–Kier alpha value is -0.160. The SMILES string of the molecule is COC1C(C)OC(C)C(OC)C1OC. The summed E-state index contributed by atoms with van der Waals surface area (Å²) in [5.74, 6) is 0. The molecule has 4 unspecified atom stereocenters. The van der Waals surface area contributed by atoms with Crippen molar-refractivity contribution in [3.8, 4) is 0 Å². The fourth-order valence-electron chi connectivity index (χ4n) is 2.13. The van der Waals surface area contributed by atoms with Gasteiger partial charge in [-0.05, 0) is 13.8 Å². The Labute approximate surface area is 85.5 Å². The highest BCUT2D eigenvalue weighted by molar-refractivity contribution is 4.91. The van der Waals surface area contributed by atoms with Gasteiger partial charge in [0.05, 0.1) is 12.2 Å². The van der Waals surface area contributed by atoms with Crippen molar-refractivity contribution in [2.75, 3.05) is 21.3 Å². The smallest absolute Gasteiger partial charge is 0.114 e. The summed E-state index contributed by atoms with van der Waals surface area (Å²) < 4.78 is 21.8. The summed E-state index contributed by atoms with van der Waals surface area (Å²) in [7, 11) is 5.01. The lowest BCUT2D eigenvalue weighted by atomic mass is 9.96. The number of methoxy groups -OCH3 is 3. The molecule has 0 spiro atoms. The second-order valence-corrected chi connectivity index (χ2v) is 3.65. The lowest BCUT2D eigenvalue weighted by Gasteiger charge is -2.42. The predicted molar refractivity (Wildman–Crippen MR) is 52.4 cm³/mol. The maximum Gasteiger partial charge on any atom is 0.114 e. The van der Waals surface area contributed by atoms with Crippen LogP contribution >= 0.6 is 0 Å². The van der Waals surface area contributed by atoms with E-state index >= 15 is 0 Å². The number of hydrogen-bond donors (Lipinski definition) is 0. The Morgan fingerprint density at radius 2 is 1.07 bits per heavy atom. The molecule has 1 heterocycles. The van der Waals surface area contributed by atoms with Crippen molar-refractivity contribution in [3.05, 3.63) is 0 Å². The van der Waals surface area contributed by atoms with Crippen LogP contribution in [0.15, 0.2) is 0 Å². The van der Waals surface area contributed by atoms with Crippen LogP contribution in [0.3, 0.4) is 0 Å². The van der Waals surface area contributed by atoms with Gasteiger partial charge in [0.1, 0.15) is 18.3 Å². The van der Waals surface area contributed by atoms with Crippen LogP contribution in [0.5, 0.6) is 0 Å². The van der Waals surface area contributed by atoms with Gasteiger partial charge in [0.25, 0.3) is 0 Å². The molecule has 0 amide bonds. The first-order chi connectivity index (χ1) is 6.65. The molecule has 1 rings (SSSR count). The molecule has 84 valence electrons. The zero-order chi connectivity index (χ0) is 10.7. The van der Waals surface area contributed by atoms with E-state index in [1.165, 1.54) is 0 Å². The van der Waals surface area contributed by atoms with Crippen LogP contribution in [0, 0.1) is 0 Å². The minimum atomic E-state index is -0.0684. The molecule has 0 aromatic rings. The fourth-order valence-corrected chi connectivity index (χ4v) is 2.13. The largest absolute Gasteiger partial charge is 0.376 e. The van der Waals surface area contributed by atoms with E-state index in [4.69, 9.17) is 18.9 Å². The zero-order valence-corrected chi connectivity index (χ0v) is 9.52. The van der Waals surface area contributed by atoms with E-state index in [-0.39, 0.29) is 30.5 Å². The van der Waals surface area contributed by atoms with Gasteiger partial charge in [-0.2, -0.15) is 0 Å². The maximum absolute atomic E-state index is 5.70. The lowest BCUT2D eigenvalue weighted by Crippen LogP contribution is -2.57. The second kappa shape index (κ2) is 5.07. The number of ether oxygens (including phenoxy) is 4. The van der Waals surface area contributed by atoms with Crippen LogP contribution < -0.4 is 0 Å². The van der Waals surface area contributed by atoms with E-state index in [0.29, 0.717) is 0 Å². The van der Waals surface area contributed by atoms with Crippen molar-refractivity contribution in [2.45, 2.75) is 44.4 Å². The Morgan fingerprint density at radius 3 is 1.36 bits per heavy atom. The van der Waals surface area contributed by atoms with Crippen LogP contribution in [0.25, 0.3) is 0 Å². The minimum absolute atomic E-state index is 0.0337. The molecule has 0 saturated carbocycles. The zero-order valence-electron chi connectivity index (χ0n) is 9.52. The summed E-state index contributed by atoms with van der Waals surface area (Å²) >= 11 is 0. The summed E-state index contributed by atoms with van der Waals surface area (Å²) in [6.45, 7) is 3.98. The summed E-state index contributed by atoms with van der Waals surface area (Å²) in [6.07, 6.45) is -0.135. The first kappa shape index (κ1) is 11.9. The van der Waals surface area contributed by atoms with E-state index in [1.807, 2.05) is 13.8 Å². The lowest BCUT2D eigenvalue weighted by molar-refractivity contribution is -0.233. The summed E-state index contributed by atoms with van der Waals surface area (Å²) in [6, 6.07) is 0. The number of rotatable bonds is 3. The highest BCUT2D eigenvalue weighted by atomic mass is 16.6. The number of hydrogen-bond acceptors (Lipinski definition) is 4. The summed E-state index contributed by atoms with van der Waals surface area (Å²) in [4.78, 5) is 0. The molecular formula is C10H20O4. The standard InChI is InChI=1S/C10H20O4/c1-6-8(11-3)10(13-5)9(12-4)7(2)14-6/h6-10H,1-5H3. The minimum Gasteiger partial charge on any atom is -0.376 e. The van der Waals surface area contributed by atoms with Crippen molar-refractivity contribution >= 4 is 0 Å². The molecule has 1 aliphatic rings. The fraction of sp³-hybridized carbons (Fsp3) is 1.00. The van der Waals surface area contributed by atoms with E-state index in [0.717, 1.165) is 0 Å². The van der Waals surface area contributed by atoms with Crippen molar-refractivity contribution in [2.24, 2.45) is 0 Å². The van der Waals surface area contributed by atoms with E-state index in [1.54, 1.807) is 21.3 Å². The van der Waals surface area contributed by atoms with Crippen molar-refractivity contribution in [1.29, 1.82) is 0 Å². The van der Waals surface area contributed by atoms with E-state index in [2.05, 4.69) is 0 Å². The Balaban J connectivity index is 2.76. The molecule has 1 saturated heterocycles. The van der Waals surface area contributed by atoms with Crippen molar-refractivity contribution in [3.63, 3.8) is 0 Å². The molecule has 0 aliphatic carbocycles. The topological polar surface area (TPSA) is 36.9 Å². The van der Waals surface area contributed by atoms with Gasteiger partial charge in [-0.3, -0.25) is 0 Å². The Bertz CT molecular complexity index is 158. The second-order valence-electron chi connectivity index (χ2n) is 3.65. The van der Waals surface area contributed by atoms with E-state index in [9.17, 15) is 0 Å². The first-order valence-corrected chi connectivity index (χ1v) is 4.89. The molecule has 0 bridgehead atoms. The molecule has 0 aromatic heterocycles. The van der Waals surface area contributed by atoms with Gasteiger partial charge < -0.3 is 18.9 Å². The molecule has 4 nitrogen and oxygen atoms in total. The molecule has 1 aliphatic heterocycles. The summed E-state index contributed by atoms with van der Waals surface area (Å²) in [5, 5.41) is 0. The molecule has 0 aromatic carbocycles. The Kier molecular flexibility index (Phi) is 4.31. The molecule has 0 radical (unpaired) electrons. The van der Waals surface area contributed by atoms with Gasteiger partial charge in [0.2, 0.25) is 0 Å². The summed E-state index contributed by atoms with van der Waals surface area (Å²) in [5.41, 5.74) is 0. The predicted octanol–water partition coefficient (Wildman–Crippen LogP) is 0.839. The molecule has 4 heteroatoms. The highest BCUT2D eigenvalue weighted by Crippen LogP contribution is 2.26. The van der Waals surface area contributed by atoms with Crippen LogP contribution in [0.4, 0.5) is 0 Å². The van der Waals surface area contributed by atoms with Crippen molar-refractivity contribution in [1.82, 2.24) is 0 Å². The van der Waals surface area contributed by atoms with Gasteiger partial charge >= 0.3 is 0 Å². The molecular weight excluding hydrogens is 184 g/mol.